The van der Waals surface area contributed by atoms with Crippen LogP contribution in [0.3, 0.4) is 0 Å². The minimum absolute atomic E-state index is 0.168. The van der Waals surface area contributed by atoms with Crippen molar-refractivity contribution in [3.8, 4) is 0 Å². The first-order chi connectivity index (χ1) is 9.09. The second-order valence-electron chi connectivity index (χ2n) is 5.75. The maximum atomic E-state index is 11.9. The summed E-state index contributed by atoms with van der Waals surface area (Å²) in [6.45, 7) is 9.58. The van der Waals surface area contributed by atoms with Gasteiger partial charge in [0.25, 0.3) is 0 Å². The smallest absolute Gasteiger partial charge is 0.237 e. The molecule has 3 N–H and O–H groups in total. The Kier molecular flexibility index (Phi) is 6.80. The molecular formula is C15H31N3O. The number of nitrogens with one attached hydrogen (secondary N) is 1. The molecule has 2 atom stereocenters. The molecule has 1 saturated carbocycles. The van der Waals surface area contributed by atoms with Crippen LogP contribution in [0.4, 0.5) is 0 Å². The van der Waals surface area contributed by atoms with Crippen molar-refractivity contribution in [2.24, 2.45) is 5.73 Å². The molecule has 4 nitrogen and oxygen atoms in total. The molecule has 0 aromatic carbocycles. The Labute approximate surface area is 118 Å². The Bertz CT molecular complexity index is 283. The Morgan fingerprint density at radius 2 is 2.11 bits per heavy atom. The normalized spacial score (nSPS) is 27.7. The van der Waals surface area contributed by atoms with Gasteiger partial charge in [-0.3, -0.25) is 4.79 Å². The number of amides is 1. The predicted octanol–water partition coefficient (Wildman–Crippen LogP) is 1.88. The standard InChI is InChI=1S/C15H31N3O/c1-4-10-17-15(14(16)19)9-7-8-13(12-15)18(6-3)11-5-2/h13,17H,4-12H2,1-3H3,(H2,16,19). The third-order valence-electron chi connectivity index (χ3n) is 4.34. The number of hydrogen-bond acceptors (Lipinski definition) is 3. The van der Waals surface area contributed by atoms with Crippen LogP contribution < -0.4 is 11.1 Å². The van der Waals surface area contributed by atoms with E-state index in [0.717, 1.165) is 51.7 Å². The maximum absolute atomic E-state index is 11.9. The van der Waals surface area contributed by atoms with Gasteiger partial charge in [-0.1, -0.05) is 20.8 Å². The average molecular weight is 269 g/mol. The fourth-order valence-corrected chi connectivity index (χ4v) is 3.28. The fraction of sp³-hybridized carbons (Fsp3) is 0.933. The zero-order chi connectivity index (χ0) is 14.3. The van der Waals surface area contributed by atoms with Gasteiger partial charge in [-0.25, -0.2) is 0 Å². The number of hydrogen-bond donors (Lipinski definition) is 2. The van der Waals surface area contributed by atoms with E-state index in [4.69, 9.17) is 5.73 Å². The zero-order valence-electron chi connectivity index (χ0n) is 12.9. The quantitative estimate of drug-likeness (QED) is 0.707. The van der Waals surface area contributed by atoms with Crippen LogP contribution in [0.15, 0.2) is 0 Å². The summed E-state index contributed by atoms with van der Waals surface area (Å²) in [7, 11) is 0. The molecule has 1 fully saturated rings. The predicted molar refractivity (Wildman–Crippen MR) is 80.0 cm³/mol. The first-order valence-electron chi connectivity index (χ1n) is 7.88. The lowest BCUT2D eigenvalue weighted by molar-refractivity contribution is -0.126. The molecule has 0 heterocycles. The van der Waals surface area contributed by atoms with Gasteiger partial charge in [0.15, 0.2) is 0 Å². The number of rotatable bonds is 8. The summed E-state index contributed by atoms with van der Waals surface area (Å²) in [5.41, 5.74) is 5.23. The average Bonchev–Trinajstić information content (AvgIpc) is 2.42. The Balaban J connectivity index is 2.75. The molecule has 0 spiro atoms. The molecule has 2 unspecified atom stereocenters. The molecule has 0 radical (unpaired) electrons. The van der Waals surface area contributed by atoms with E-state index in [-0.39, 0.29) is 5.91 Å². The molecule has 112 valence electrons. The number of carbonyl (C=O) groups excluding carboxylic acids is 1. The van der Waals surface area contributed by atoms with Crippen molar-refractivity contribution in [3.63, 3.8) is 0 Å². The highest BCUT2D eigenvalue weighted by Crippen LogP contribution is 2.31. The van der Waals surface area contributed by atoms with Crippen LogP contribution in [-0.2, 0) is 4.79 Å². The molecule has 1 aliphatic carbocycles. The Morgan fingerprint density at radius 1 is 1.37 bits per heavy atom. The van der Waals surface area contributed by atoms with Gasteiger partial charge >= 0.3 is 0 Å². The third-order valence-corrected chi connectivity index (χ3v) is 4.34. The van der Waals surface area contributed by atoms with E-state index in [9.17, 15) is 4.79 Å². The van der Waals surface area contributed by atoms with Crippen LogP contribution in [0.2, 0.25) is 0 Å². The molecule has 0 aromatic heterocycles. The van der Waals surface area contributed by atoms with E-state index >= 15 is 0 Å². The highest BCUT2D eigenvalue weighted by Gasteiger charge is 2.41. The molecular weight excluding hydrogens is 238 g/mol. The minimum atomic E-state index is -0.472. The summed E-state index contributed by atoms with van der Waals surface area (Å²) in [5, 5.41) is 3.43. The van der Waals surface area contributed by atoms with Crippen molar-refractivity contribution in [1.29, 1.82) is 0 Å². The number of primary amides is 1. The summed E-state index contributed by atoms with van der Waals surface area (Å²) in [4.78, 5) is 14.4. The first-order valence-corrected chi connectivity index (χ1v) is 7.88. The van der Waals surface area contributed by atoms with Crippen molar-refractivity contribution in [2.75, 3.05) is 19.6 Å². The number of carbonyl (C=O) groups is 1. The van der Waals surface area contributed by atoms with Crippen molar-refractivity contribution in [2.45, 2.75) is 70.9 Å². The molecule has 0 aliphatic heterocycles. The third kappa shape index (κ3) is 4.18. The molecule has 19 heavy (non-hydrogen) atoms. The summed E-state index contributed by atoms with van der Waals surface area (Å²) >= 11 is 0. The van der Waals surface area contributed by atoms with Gasteiger partial charge in [-0.15, -0.1) is 0 Å². The van der Waals surface area contributed by atoms with Gasteiger partial charge in [0.05, 0.1) is 5.54 Å². The van der Waals surface area contributed by atoms with Crippen molar-refractivity contribution in [3.05, 3.63) is 0 Å². The van der Waals surface area contributed by atoms with Gasteiger partial charge < -0.3 is 16.0 Å². The molecule has 0 aromatic rings. The molecule has 0 saturated heterocycles. The highest BCUT2D eigenvalue weighted by molar-refractivity contribution is 5.84. The van der Waals surface area contributed by atoms with Crippen LogP contribution in [0.25, 0.3) is 0 Å². The van der Waals surface area contributed by atoms with Crippen LogP contribution in [0, 0.1) is 0 Å². The maximum Gasteiger partial charge on any atom is 0.237 e. The minimum Gasteiger partial charge on any atom is -0.368 e. The van der Waals surface area contributed by atoms with Crippen molar-refractivity contribution < 1.29 is 4.79 Å². The lowest BCUT2D eigenvalue weighted by Gasteiger charge is -2.43. The summed E-state index contributed by atoms with van der Waals surface area (Å²) < 4.78 is 0. The van der Waals surface area contributed by atoms with Gasteiger partial charge in [-0.2, -0.15) is 0 Å². The number of nitrogens with zero attached hydrogens (tertiary/aromatic N) is 1. The summed E-state index contributed by atoms with van der Waals surface area (Å²) in [5.74, 6) is -0.168. The van der Waals surface area contributed by atoms with Gasteiger partial charge in [0.2, 0.25) is 5.91 Å². The molecule has 1 rings (SSSR count). The van der Waals surface area contributed by atoms with Crippen molar-refractivity contribution >= 4 is 5.91 Å². The lowest BCUT2D eigenvalue weighted by atomic mass is 9.77. The van der Waals surface area contributed by atoms with Gasteiger partial charge in [0, 0.05) is 6.04 Å². The van der Waals surface area contributed by atoms with Crippen LogP contribution >= 0.6 is 0 Å². The lowest BCUT2D eigenvalue weighted by Crippen LogP contribution is -2.60. The number of nitrogens with two attached hydrogens (primary N) is 1. The van der Waals surface area contributed by atoms with E-state index in [1.807, 2.05) is 0 Å². The SMILES string of the molecule is CCCNC1(C(N)=O)CCCC(N(CC)CCC)C1. The Morgan fingerprint density at radius 3 is 2.63 bits per heavy atom. The zero-order valence-corrected chi connectivity index (χ0v) is 12.9. The molecule has 1 aliphatic rings. The van der Waals surface area contributed by atoms with Crippen LogP contribution in [-0.4, -0.2) is 42.0 Å². The summed E-state index contributed by atoms with van der Waals surface area (Å²) in [6, 6.07) is 0.496. The van der Waals surface area contributed by atoms with E-state index in [1.165, 1.54) is 6.42 Å². The topological polar surface area (TPSA) is 58.4 Å². The largest absolute Gasteiger partial charge is 0.368 e. The second-order valence-corrected chi connectivity index (χ2v) is 5.75. The molecule has 0 bridgehead atoms. The Hall–Kier alpha value is -0.610. The second kappa shape index (κ2) is 7.85. The van der Waals surface area contributed by atoms with E-state index in [0.29, 0.717) is 6.04 Å². The molecule has 1 amide bonds. The fourth-order valence-electron chi connectivity index (χ4n) is 3.28. The van der Waals surface area contributed by atoms with Gasteiger partial charge in [0.1, 0.15) is 0 Å². The monoisotopic (exact) mass is 269 g/mol. The first kappa shape index (κ1) is 16.4. The summed E-state index contributed by atoms with van der Waals surface area (Å²) in [6.07, 6.45) is 6.24. The van der Waals surface area contributed by atoms with Crippen molar-refractivity contribution in [1.82, 2.24) is 10.2 Å². The molecule has 4 heteroatoms. The van der Waals surface area contributed by atoms with Gasteiger partial charge in [-0.05, 0) is 58.2 Å². The van der Waals surface area contributed by atoms with E-state index in [2.05, 4.69) is 31.0 Å². The van der Waals surface area contributed by atoms with E-state index in [1.54, 1.807) is 0 Å². The van der Waals surface area contributed by atoms with Crippen LogP contribution in [0.1, 0.15) is 59.3 Å². The van der Waals surface area contributed by atoms with E-state index < -0.39 is 5.54 Å². The highest BCUT2D eigenvalue weighted by atomic mass is 16.1. The van der Waals surface area contributed by atoms with Crippen LogP contribution in [0.5, 0.6) is 0 Å².